The van der Waals surface area contributed by atoms with Gasteiger partial charge in [-0.1, -0.05) is 42.3 Å². The van der Waals surface area contributed by atoms with Crippen LogP contribution < -0.4 is 0 Å². The average molecular weight is 325 g/mol. The zero-order chi connectivity index (χ0) is 15.7. The Morgan fingerprint density at radius 2 is 1.43 bits per heavy atom. The first-order valence-electron chi connectivity index (χ1n) is 6.76. The largest absolute Gasteiger partial charge is 0.506 e. The van der Waals surface area contributed by atoms with Crippen LogP contribution in [0.1, 0.15) is 35.1 Å². The van der Waals surface area contributed by atoms with E-state index in [1.165, 1.54) is 0 Å². The molecule has 0 spiro atoms. The van der Waals surface area contributed by atoms with Crippen LogP contribution in [-0.2, 0) is 6.42 Å². The summed E-state index contributed by atoms with van der Waals surface area (Å²) in [6.45, 7) is 5.76. The molecule has 0 bridgehead atoms. The highest BCUT2D eigenvalue weighted by Crippen LogP contribution is 2.34. The maximum Gasteiger partial charge on any atom is 0.137 e. The standard InChI is InChI=1S/C17H18Cl2O2/c1-9(13-6-11(3)17(21)15(19)8-13)4-12-5-10(2)16(20)14(18)7-12/h5-9,20-21H,4H2,1-3H3. The molecule has 0 fully saturated rings. The van der Waals surface area contributed by atoms with Crippen molar-refractivity contribution >= 4 is 23.2 Å². The Hall–Kier alpha value is -1.38. The molecule has 0 aliphatic heterocycles. The summed E-state index contributed by atoms with van der Waals surface area (Å²) in [6, 6.07) is 7.46. The normalized spacial score (nSPS) is 12.4. The minimum atomic E-state index is 0.135. The smallest absolute Gasteiger partial charge is 0.137 e. The van der Waals surface area contributed by atoms with Crippen molar-refractivity contribution in [2.45, 2.75) is 33.1 Å². The third kappa shape index (κ3) is 3.45. The summed E-state index contributed by atoms with van der Waals surface area (Å²) in [7, 11) is 0. The first-order valence-corrected chi connectivity index (χ1v) is 7.52. The van der Waals surface area contributed by atoms with Gasteiger partial charge in [0.25, 0.3) is 0 Å². The molecule has 21 heavy (non-hydrogen) atoms. The summed E-state index contributed by atoms with van der Waals surface area (Å²) < 4.78 is 0. The molecule has 2 aromatic carbocycles. The van der Waals surface area contributed by atoms with Crippen molar-refractivity contribution in [2.24, 2.45) is 0 Å². The number of aryl methyl sites for hydroxylation is 2. The zero-order valence-corrected chi connectivity index (χ0v) is 13.8. The van der Waals surface area contributed by atoms with E-state index < -0.39 is 0 Å². The number of aromatic hydroxyl groups is 2. The summed E-state index contributed by atoms with van der Waals surface area (Å²) in [4.78, 5) is 0. The van der Waals surface area contributed by atoms with Crippen molar-refractivity contribution in [1.29, 1.82) is 0 Å². The van der Waals surface area contributed by atoms with Crippen LogP contribution in [0.4, 0.5) is 0 Å². The Bertz CT molecular complexity index is 634. The van der Waals surface area contributed by atoms with E-state index in [1.807, 2.05) is 26.0 Å². The third-order valence-electron chi connectivity index (χ3n) is 3.70. The van der Waals surface area contributed by atoms with Gasteiger partial charge in [-0.3, -0.25) is 0 Å². The number of hydrogen-bond donors (Lipinski definition) is 2. The molecule has 0 aromatic heterocycles. The lowest BCUT2D eigenvalue weighted by atomic mass is 9.92. The molecule has 2 nitrogen and oxygen atoms in total. The molecule has 0 heterocycles. The third-order valence-corrected chi connectivity index (χ3v) is 4.28. The molecular formula is C17H18Cl2O2. The summed E-state index contributed by atoms with van der Waals surface area (Å²) in [5, 5.41) is 20.2. The lowest BCUT2D eigenvalue weighted by molar-refractivity contribution is 0.470. The Morgan fingerprint density at radius 1 is 0.905 bits per heavy atom. The van der Waals surface area contributed by atoms with Crippen molar-refractivity contribution in [2.75, 3.05) is 0 Å². The Balaban J connectivity index is 2.28. The fourth-order valence-corrected chi connectivity index (χ4v) is 3.01. The van der Waals surface area contributed by atoms with Gasteiger partial charge in [-0.2, -0.15) is 0 Å². The van der Waals surface area contributed by atoms with Crippen molar-refractivity contribution in [3.05, 3.63) is 56.6 Å². The first kappa shape index (κ1) is 16.0. The van der Waals surface area contributed by atoms with E-state index >= 15 is 0 Å². The van der Waals surface area contributed by atoms with E-state index in [-0.39, 0.29) is 17.4 Å². The lowest BCUT2D eigenvalue weighted by Crippen LogP contribution is -2.00. The highest BCUT2D eigenvalue weighted by atomic mass is 35.5. The maximum absolute atomic E-state index is 9.73. The molecule has 0 saturated heterocycles. The second-order valence-corrected chi connectivity index (χ2v) is 6.33. The minimum Gasteiger partial charge on any atom is -0.506 e. The van der Waals surface area contributed by atoms with Gasteiger partial charge in [0.1, 0.15) is 11.5 Å². The summed E-state index contributed by atoms with van der Waals surface area (Å²) in [5.74, 6) is 0.495. The highest BCUT2D eigenvalue weighted by molar-refractivity contribution is 6.32. The SMILES string of the molecule is Cc1cc(CC(C)c2cc(C)c(O)c(Cl)c2)cc(Cl)c1O. The van der Waals surface area contributed by atoms with Gasteiger partial charge in [0.15, 0.2) is 0 Å². The number of phenolic OH excluding ortho intramolecular Hbond substituents is 2. The van der Waals surface area contributed by atoms with E-state index in [4.69, 9.17) is 23.2 Å². The number of phenols is 2. The fraction of sp³-hybridized carbons (Fsp3) is 0.294. The van der Waals surface area contributed by atoms with Crippen LogP contribution in [0.3, 0.4) is 0 Å². The first-order chi connectivity index (χ1) is 9.79. The van der Waals surface area contributed by atoms with Gasteiger partial charge >= 0.3 is 0 Å². The second kappa shape index (κ2) is 6.17. The molecule has 1 atom stereocenters. The topological polar surface area (TPSA) is 40.5 Å². The molecule has 2 rings (SSSR count). The highest BCUT2D eigenvalue weighted by Gasteiger charge is 2.13. The van der Waals surface area contributed by atoms with Crippen molar-refractivity contribution in [3.63, 3.8) is 0 Å². The van der Waals surface area contributed by atoms with Crippen molar-refractivity contribution < 1.29 is 10.2 Å². The van der Waals surface area contributed by atoms with Gasteiger partial charge in [-0.25, -0.2) is 0 Å². The molecule has 4 heteroatoms. The summed E-state index contributed by atoms with van der Waals surface area (Å²) >= 11 is 12.0. The molecule has 0 radical (unpaired) electrons. The van der Waals surface area contributed by atoms with E-state index in [1.54, 1.807) is 12.1 Å². The molecule has 0 aliphatic rings. The van der Waals surface area contributed by atoms with E-state index in [2.05, 4.69) is 6.92 Å². The Kier molecular flexibility index (Phi) is 4.70. The molecule has 2 aromatic rings. The number of benzene rings is 2. The molecule has 0 aliphatic carbocycles. The number of hydrogen-bond acceptors (Lipinski definition) is 2. The minimum absolute atomic E-state index is 0.135. The lowest BCUT2D eigenvalue weighted by Gasteiger charge is -2.15. The molecule has 1 unspecified atom stereocenters. The summed E-state index contributed by atoms with van der Waals surface area (Å²) in [5.41, 5.74) is 3.66. The van der Waals surface area contributed by atoms with Gasteiger partial charge in [0, 0.05) is 0 Å². The van der Waals surface area contributed by atoms with Crippen LogP contribution in [0.15, 0.2) is 24.3 Å². The van der Waals surface area contributed by atoms with E-state index in [9.17, 15) is 10.2 Å². The quantitative estimate of drug-likeness (QED) is 0.797. The second-order valence-electron chi connectivity index (χ2n) is 5.52. The van der Waals surface area contributed by atoms with Crippen LogP contribution in [0.2, 0.25) is 10.0 Å². The van der Waals surface area contributed by atoms with E-state index in [0.717, 1.165) is 28.7 Å². The van der Waals surface area contributed by atoms with Crippen LogP contribution in [-0.4, -0.2) is 10.2 Å². The maximum atomic E-state index is 9.73. The van der Waals surface area contributed by atoms with Gasteiger partial charge in [-0.05, 0) is 60.6 Å². The molecular weight excluding hydrogens is 307 g/mol. The Labute approximate surface area is 135 Å². The average Bonchev–Trinajstić information content (AvgIpc) is 2.41. The number of rotatable bonds is 3. The summed E-state index contributed by atoms with van der Waals surface area (Å²) in [6.07, 6.45) is 0.779. The monoisotopic (exact) mass is 324 g/mol. The molecule has 2 N–H and O–H groups in total. The van der Waals surface area contributed by atoms with Gasteiger partial charge < -0.3 is 10.2 Å². The molecule has 0 amide bonds. The fourth-order valence-electron chi connectivity index (χ4n) is 2.44. The Morgan fingerprint density at radius 3 is 1.95 bits per heavy atom. The molecule has 112 valence electrons. The van der Waals surface area contributed by atoms with E-state index in [0.29, 0.717) is 10.0 Å². The van der Waals surface area contributed by atoms with Crippen LogP contribution >= 0.6 is 23.2 Å². The van der Waals surface area contributed by atoms with Gasteiger partial charge in [0.05, 0.1) is 10.0 Å². The van der Waals surface area contributed by atoms with Gasteiger partial charge in [-0.15, -0.1) is 0 Å². The van der Waals surface area contributed by atoms with Crippen LogP contribution in [0.5, 0.6) is 11.5 Å². The predicted octanol–water partition coefficient (Wildman–Crippen LogP) is 5.37. The van der Waals surface area contributed by atoms with Crippen molar-refractivity contribution in [3.8, 4) is 11.5 Å². The predicted molar refractivity (Wildman–Crippen MR) is 87.8 cm³/mol. The molecule has 0 saturated carbocycles. The van der Waals surface area contributed by atoms with Crippen molar-refractivity contribution in [1.82, 2.24) is 0 Å². The van der Waals surface area contributed by atoms with Crippen LogP contribution in [0, 0.1) is 13.8 Å². The van der Waals surface area contributed by atoms with Crippen LogP contribution in [0.25, 0.3) is 0 Å². The number of halogens is 2. The van der Waals surface area contributed by atoms with Gasteiger partial charge in [0.2, 0.25) is 0 Å². The zero-order valence-electron chi connectivity index (χ0n) is 12.2.